The fraction of sp³-hybridized carbons (Fsp3) is 0.481. The number of carbonyl (C=O) groups is 8. The van der Waals surface area contributed by atoms with Crippen molar-refractivity contribution in [3.63, 3.8) is 0 Å². The molecule has 4 aromatic rings. The van der Waals surface area contributed by atoms with Gasteiger partial charge in [-0.15, -0.1) is 0 Å². The number of ketones is 1. The summed E-state index contributed by atoms with van der Waals surface area (Å²) in [5, 5.41) is 8.34. The minimum absolute atomic E-state index is 0.0571. The van der Waals surface area contributed by atoms with Crippen LogP contribution in [-0.4, -0.2) is 116 Å². The summed E-state index contributed by atoms with van der Waals surface area (Å²) in [5.74, 6) is -1.01. The number of likely N-dealkylation sites (tertiary alicyclic amines) is 1. The first-order valence-electron chi connectivity index (χ1n) is 24.5. The number of ether oxygens (including phenoxy) is 2. The van der Waals surface area contributed by atoms with E-state index in [1.54, 1.807) is 85.5 Å². The summed E-state index contributed by atoms with van der Waals surface area (Å²) in [6.45, 7) is 9.88. The summed E-state index contributed by atoms with van der Waals surface area (Å²) in [5.41, 5.74) is 5.12. The highest BCUT2D eigenvalue weighted by atomic mass is 16.5. The maximum absolute atomic E-state index is 13.1. The third-order valence-electron chi connectivity index (χ3n) is 12.6. The van der Waals surface area contributed by atoms with Gasteiger partial charge in [0.15, 0.2) is 5.78 Å². The van der Waals surface area contributed by atoms with Gasteiger partial charge in [-0.2, -0.15) is 0 Å². The molecule has 1 aromatic carbocycles. The molecule has 2 fully saturated rings. The lowest BCUT2D eigenvalue weighted by Gasteiger charge is -2.20. The van der Waals surface area contributed by atoms with Crippen molar-refractivity contribution < 1.29 is 47.8 Å². The molecule has 6 heterocycles. The Labute approximate surface area is 414 Å². The lowest BCUT2D eigenvalue weighted by molar-refractivity contribution is -0.144. The third kappa shape index (κ3) is 13.7. The summed E-state index contributed by atoms with van der Waals surface area (Å²) in [7, 11) is 5.11. The Kier molecular flexibility index (Phi) is 18.3. The van der Waals surface area contributed by atoms with Gasteiger partial charge < -0.3 is 44.0 Å². The predicted octanol–water partition coefficient (Wildman–Crippen LogP) is 6.45. The van der Waals surface area contributed by atoms with Crippen molar-refractivity contribution in [2.75, 3.05) is 43.5 Å². The van der Waals surface area contributed by atoms with Gasteiger partial charge in [-0.1, -0.05) is 27.2 Å². The fourth-order valence-electron chi connectivity index (χ4n) is 8.71. The first kappa shape index (κ1) is 53.0. The van der Waals surface area contributed by atoms with Crippen molar-refractivity contribution in [3.8, 4) is 5.75 Å². The molecule has 3 aliphatic heterocycles. The van der Waals surface area contributed by atoms with Gasteiger partial charge in [0.05, 0.1) is 47.6 Å². The number of esters is 1. The summed E-state index contributed by atoms with van der Waals surface area (Å²) in [6.07, 6.45) is 13.2. The van der Waals surface area contributed by atoms with Crippen LogP contribution in [0, 0.1) is 12.8 Å². The summed E-state index contributed by atoms with van der Waals surface area (Å²) in [4.78, 5) is 107. The van der Waals surface area contributed by atoms with Gasteiger partial charge in [0.2, 0.25) is 17.7 Å². The minimum atomic E-state index is -0.412. The van der Waals surface area contributed by atoms with Gasteiger partial charge in [0.1, 0.15) is 17.1 Å². The number of fused-ring (bicyclic) bond motifs is 2. The normalized spacial score (nSPS) is 16.0. The summed E-state index contributed by atoms with van der Waals surface area (Å²) < 4.78 is 15.8. The molecule has 380 valence electrons. The zero-order chi connectivity index (χ0) is 51.4. The first-order chi connectivity index (χ1) is 34.0. The maximum atomic E-state index is 13.1. The van der Waals surface area contributed by atoms with E-state index in [4.69, 9.17) is 9.47 Å². The highest BCUT2D eigenvalue weighted by Crippen LogP contribution is 2.34. The van der Waals surface area contributed by atoms with Crippen LogP contribution in [0.2, 0.25) is 0 Å². The number of Topliss-reactive ketones (excluding diaryl/α,β-unsaturated/α-hetero) is 1. The molecular formula is C52H67N9O10. The van der Waals surface area contributed by atoms with Crippen molar-refractivity contribution in [2.24, 2.45) is 32.1 Å². The van der Waals surface area contributed by atoms with Crippen LogP contribution in [-0.2, 0) is 51.5 Å². The number of benzene rings is 1. The van der Waals surface area contributed by atoms with Gasteiger partial charge in [-0.25, -0.2) is 0 Å². The second-order valence-electron chi connectivity index (χ2n) is 18.3. The number of amides is 6. The fourth-order valence-corrected chi connectivity index (χ4v) is 8.71. The molecule has 19 heteroatoms. The van der Waals surface area contributed by atoms with Gasteiger partial charge in [0, 0.05) is 103 Å². The van der Waals surface area contributed by atoms with Gasteiger partial charge >= 0.3 is 5.97 Å². The number of aromatic nitrogens is 3. The second-order valence-corrected chi connectivity index (χ2v) is 18.3. The Balaban J connectivity index is 0.000000340. The number of nitrogens with zero attached hydrogens (tertiary/aromatic N) is 6. The molecule has 3 aliphatic rings. The van der Waals surface area contributed by atoms with E-state index in [0.29, 0.717) is 84.8 Å². The van der Waals surface area contributed by atoms with E-state index in [9.17, 15) is 38.4 Å². The standard InChI is InChI=1S/C36H47N7O8.C16H20N2O2/c1-6-31(45)38-25-18-27(41(4)21-25)30(44)17-24-16-28(40(3)20-24)35(49)39-26-19-29(42(5)22-26)34(48)37-12-10-14-51-33(47)11-8-7-9-13-43-32(46)15-23(2)36(43)50;1-3-7-20-15-9-14-13(8-11(15)2)16(19)18-6-4-5-12(18)10-17-14/h16,18-23H,6-15,17H2,1-5H3,(H,37,48)(H,38,45)(H,39,49);8-10,12H,3-7H2,1-2H3. The van der Waals surface area contributed by atoms with Gasteiger partial charge in [-0.05, 0) is 80.8 Å². The summed E-state index contributed by atoms with van der Waals surface area (Å²) in [6, 6.07) is 8.80. The average molecular weight is 978 g/mol. The van der Waals surface area contributed by atoms with Gasteiger partial charge in [-0.3, -0.25) is 48.2 Å². The number of nitrogens with one attached hydrogen (secondary N) is 3. The monoisotopic (exact) mass is 978 g/mol. The molecule has 0 radical (unpaired) electrons. The van der Waals surface area contributed by atoms with Crippen LogP contribution in [0.3, 0.4) is 0 Å². The van der Waals surface area contributed by atoms with Crippen molar-refractivity contribution in [1.29, 1.82) is 0 Å². The number of rotatable bonds is 21. The molecule has 2 atom stereocenters. The number of carbonyl (C=O) groups excluding carboxylic acids is 8. The average Bonchev–Trinajstić information content (AvgIpc) is 4.16. The molecule has 6 amide bonds. The highest BCUT2D eigenvalue weighted by molar-refractivity contribution is 6.06. The molecule has 0 bridgehead atoms. The van der Waals surface area contributed by atoms with Crippen LogP contribution in [0.5, 0.6) is 5.75 Å². The Morgan fingerprint density at radius 3 is 2.23 bits per heavy atom. The van der Waals surface area contributed by atoms with Crippen molar-refractivity contribution >= 4 is 70.5 Å². The van der Waals surface area contributed by atoms with Crippen LogP contribution in [0.1, 0.15) is 138 Å². The summed E-state index contributed by atoms with van der Waals surface area (Å²) >= 11 is 0. The van der Waals surface area contributed by atoms with E-state index in [-0.39, 0.29) is 85.7 Å². The zero-order valence-corrected chi connectivity index (χ0v) is 41.9. The predicted molar refractivity (Wildman–Crippen MR) is 267 cm³/mol. The molecule has 2 unspecified atom stereocenters. The van der Waals surface area contributed by atoms with E-state index in [2.05, 4.69) is 27.9 Å². The molecular weight excluding hydrogens is 911 g/mol. The SMILES string of the molecule is CCC(=O)Nc1cc(C(=O)Cc2cc(C(=O)Nc3cc(C(=O)NCCCOC(=O)CCCCCN4C(=O)CC(C)C4=O)n(C)c3)n(C)c2)n(C)c1.CCCOc1cc2c(cc1C)C(=O)N1CCCC1C=N2. The number of hydrogen-bond donors (Lipinski definition) is 3. The van der Waals surface area contributed by atoms with Crippen LogP contribution < -0.4 is 20.7 Å². The van der Waals surface area contributed by atoms with Crippen molar-refractivity contribution in [1.82, 2.24) is 28.8 Å². The largest absolute Gasteiger partial charge is 0.493 e. The Morgan fingerprint density at radius 1 is 0.803 bits per heavy atom. The molecule has 0 aliphatic carbocycles. The van der Waals surface area contributed by atoms with Crippen molar-refractivity contribution in [3.05, 3.63) is 82.7 Å². The number of aliphatic imine (C=N–C) groups is 1. The number of imide groups is 1. The van der Waals surface area contributed by atoms with Crippen molar-refractivity contribution in [2.45, 2.75) is 104 Å². The third-order valence-corrected chi connectivity index (χ3v) is 12.6. The van der Waals surface area contributed by atoms with Crippen LogP contribution in [0.15, 0.2) is 53.9 Å². The zero-order valence-electron chi connectivity index (χ0n) is 41.9. The molecule has 3 aromatic heterocycles. The highest BCUT2D eigenvalue weighted by Gasteiger charge is 2.35. The number of anilines is 2. The first-order valence-corrected chi connectivity index (χ1v) is 24.5. The lowest BCUT2D eigenvalue weighted by Crippen LogP contribution is -2.35. The topological polar surface area (TPSA) is 225 Å². The molecule has 3 N–H and O–H groups in total. The van der Waals surface area contributed by atoms with Crippen LogP contribution >= 0.6 is 0 Å². The Morgan fingerprint density at radius 2 is 1.51 bits per heavy atom. The van der Waals surface area contributed by atoms with E-state index >= 15 is 0 Å². The smallest absolute Gasteiger partial charge is 0.305 e. The number of hydrogen-bond acceptors (Lipinski definition) is 11. The van der Waals surface area contributed by atoms with E-state index in [1.165, 1.54) is 4.90 Å². The quantitative estimate of drug-likeness (QED) is 0.0358. The molecule has 0 saturated carbocycles. The second kappa shape index (κ2) is 24.5. The van der Waals surface area contributed by atoms with E-state index in [1.807, 2.05) is 30.2 Å². The Hall–Kier alpha value is -7.31. The molecule has 71 heavy (non-hydrogen) atoms. The Bertz CT molecular complexity index is 2670. The van der Waals surface area contributed by atoms with Crippen LogP contribution in [0.25, 0.3) is 0 Å². The van der Waals surface area contributed by atoms with E-state index in [0.717, 1.165) is 42.8 Å². The minimum Gasteiger partial charge on any atom is -0.493 e. The molecule has 2 saturated heterocycles. The number of unbranched alkanes of at least 4 members (excludes halogenated alkanes) is 2. The van der Waals surface area contributed by atoms with Gasteiger partial charge in [0.25, 0.3) is 17.7 Å². The molecule has 7 rings (SSSR count). The van der Waals surface area contributed by atoms with Crippen LogP contribution in [0.4, 0.5) is 17.1 Å². The molecule has 19 nitrogen and oxygen atoms in total. The number of aryl methyl sites for hydroxylation is 4. The maximum Gasteiger partial charge on any atom is 0.305 e. The van der Waals surface area contributed by atoms with E-state index < -0.39 is 5.91 Å². The lowest BCUT2D eigenvalue weighted by atomic mass is 10.1. The molecule has 0 spiro atoms.